The zero-order valence-electron chi connectivity index (χ0n) is 24.9. The fourth-order valence-electron chi connectivity index (χ4n) is 5.36. The van der Waals surface area contributed by atoms with Crippen molar-refractivity contribution in [1.82, 2.24) is 15.6 Å². The lowest BCUT2D eigenvalue weighted by Crippen LogP contribution is -2.47. The van der Waals surface area contributed by atoms with Crippen LogP contribution in [0.2, 0.25) is 0 Å². The van der Waals surface area contributed by atoms with Crippen LogP contribution in [-0.2, 0) is 20.8 Å². The van der Waals surface area contributed by atoms with Gasteiger partial charge in [0.05, 0.1) is 0 Å². The van der Waals surface area contributed by atoms with Gasteiger partial charge in [-0.15, -0.1) is 0 Å². The Hall–Kier alpha value is -4.52. The van der Waals surface area contributed by atoms with Crippen molar-refractivity contribution in [2.75, 3.05) is 6.54 Å². The molecule has 0 radical (unpaired) electrons. The summed E-state index contributed by atoms with van der Waals surface area (Å²) in [6, 6.07) is 26.7. The van der Waals surface area contributed by atoms with Crippen LogP contribution in [-0.4, -0.2) is 41.0 Å². The van der Waals surface area contributed by atoms with Crippen LogP contribution in [0.5, 0.6) is 0 Å². The molecular formula is C36H41N3O4. The number of fused-ring (bicyclic) bond motifs is 1. The van der Waals surface area contributed by atoms with Gasteiger partial charge in [-0.1, -0.05) is 91.7 Å². The molecule has 7 heteroatoms. The molecule has 43 heavy (non-hydrogen) atoms. The fourth-order valence-corrected chi connectivity index (χ4v) is 5.36. The second kappa shape index (κ2) is 16.2. The van der Waals surface area contributed by atoms with Crippen LogP contribution >= 0.6 is 0 Å². The molecule has 0 fully saturated rings. The van der Waals surface area contributed by atoms with E-state index in [1.807, 2.05) is 48.5 Å². The normalized spacial score (nSPS) is 11.7. The van der Waals surface area contributed by atoms with Crippen molar-refractivity contribution in [3.8, 4) is 11.3 Å². The molecule has 0 spiro atoms. The number of aromatic amines is 1. The smallest absolute Gasteiger partial charge is 0.242 e. The molecule has 1 heterocycles. The Balaban J connectivity index is 1.35. The van der Waals surface area contributed by atoms with Crippen molar-refractivity contribution in [2.45, 2.75) is 70.8 Å². The Bertz CT molecular complexity index is 1510. The van der Waals surface area contributed by atoms with E-state index in [0.717, 1.165) is 47.0 Å². The number of nitrogens with one attached hydrogen (secondary N) is 3. The largest absolute Gasteiger partial charge is 0.354 e. The number of hydrogen-bond acceptors (Lipinski definition) is 4. The molecule has 0 saturated carbocycles. The van der Waals surface area contributed by atoms with E-state index in [9.17, 15) is 19.2 Å². The molecule has 3 N–H and O–H groups in total. The first kappa shape index (κ1) is 31.4. The van der Waals surface area contributed by atoms with Gasteiger partial charge >= 0.3 is 0 Å². The standard InChI is InChI=1S/C36H41N3O4/c1-26(40)14-5-2-10-21-32(38-34(42)23-13-22-33(41)27-15-6-3-7-16-27)36(43)37-25-24-30-29-19-11-12-20-31(29)39-35(30)28-17-8-4-9-18-28/h3-4,6-9,11-12,15-20,32,39H,2,5,10,13-14,21-25H2,1H3,(H,37,43)(H,38,42)/t32-/m0/s1. The number of amides is 2. The molecule has 1 atom stereocenters. The number of rotatable bonds is 17. The van der Waals surface area contributed by atoms with E-state index in [0.29, 0.717) is 37.8 Å². The highest BCUT2D eigenvalue weighted by molar-refractivity contribution is 5.96. The minimum atomic E-state index is -0.675. The van der Waals surface area contributed by atoms with E-state index in [4.69, 9.17) is 0 Å². The number of carbonyl (C=O) groups is 4. The van der Waals surface area contributed by atoms with Crippen LogP contribution in [0, 0.1) is 0 Å². The second-order valence-corrected chi connectivity index (χ2v) is 11.0. The van der Waals surface area contributed by atoms with Gasteiger partial charge in [-0.25, -0.2) is 0 Å². The molecule has 4 aromatic rings. The van der Waals surface area contributed by atoms with Gasteiger partial charge in [0.1, 0.15) is 11.8 Å². The third-order valence-corrected chi connectivity index (χ3v) is 7.63. The maximum atomic E-state index is 13.3. The number of carbonyl (C=O) groups excluding carboxylic acids is 4. The summed E-state index contributed by atoms with van der Waals surface area (Å²) in [5.41, 5.74) is 4.94. The number of H-pyrrole nitrogens is 1. The number of ketones is 2. The van der Waals surface area contributed by atoms with Gasteiger partial charge in [0.2, 0.25) is 11.8 Å². The summed E-state index contributed by atoms with van der Waals surface area (Å²) in [4.78, 5) is 53.4. The number of unbranched alkanes of at least 4 members (excludes halogenated alkanes) is 2. The van der Waals surface area contributed by atoms with Gasteiger partial charge in [-0.05, 0) is 49.8 Å². The maximum Gasteiger partial charge on any atom is 0.242 e. The van der Waals surface area contributed by atoms with E-state index >= 15 is 0 Å². The van der Waals surface area contributed by atoms with E-state index in [2.05, 4.69) is 39.9 Å². The van der Waals surface area contributed by atoms with Crippen molar-refractivity contribution in [3.63, 3.8) is 0 Å². The quantitative estimate of drug-likeness (QED) is 0.0971. The molecule has 224 valence electrons. The Labute approximate surface area is 253 Å². The van der Waals surface area contributed by atoms with Crippen LogP contribution in [0.4, 0.5) is 0 Å². The maximum absolute atomic E-state index is 13.3. The topological polar surface area (TPSA) is 108 Å². The van der Waals surface area contributed by atoms with Gasteiger partial charge in [-0.3, -0.25) is 14.4 Å². The van der Waals surface area contributed by atoms with Gasteiger partial charge in [-0.2, -0.15) is 0 Å². The van der Waals surface area contributed by atoms with E-state index < -0.39 is 6.04 Å². The zero-order valence-corrected chi connectivity index (χ0v) is 24.9. The van der Waals surface area contributed by atoms with Crippen molar-refractivity contribution < 1.29 is 19.2 Å². The van der Waals surface area contributed by atoms with Gasteiger partial charge in [0.25, 0.3) is 0 Å². The molecule has 1 aromatic heterocycles. The number of aromatic nitrogens is 1. The fraction of sp³-hybridized carbons (Fsp3) is 0.333. The Morgan fingerprint density at radius 2 is 1.44 bits per heavy atom. The van der Waals surface area contributed by atoms with Crippen molar-refractivity contribution in [1.29, 1.82) is 0 Å². The summed E-state index contributed by atoms with van der Waals surface area (Å²) in [5.74, 6) is -0.311. The average Bonchev–Trinajstić information content (AvgIpc) is 3.39. The summed E-state index contributed by atoms with van der Waals surface area (Å²) in [5, 5.41) is 7.08. The molecule has 0 bridgehead atoms. The molecular weight excluding hydrogens is 538 g/mol. The summed E-state index contributed by atoms with van der Waals surface area (Å²) in [7, 11) is 0. The first-order valence-corrected chi connectivity index (χ1v) is 15.2. The monoisotopic (exact) mass is 579 g/mol. The van der Waals surface area contributed by atoms with E-state index in [1.165, 1.54) is 0 Å². The summed E-state index contributed by atoms with van der Waals surface area (Å²) in [6.07, 6.45) is 4.78. The van der Waals surface area contributed by atoms with Gasteiger partial charge in [0.15, 0.2) is 5.78 Å². The number of hydrogen-bond donors (Lipinski definition) is 3. The number of benzene rings is 3. The van der Waals surface area contributed by atoms with Gasteiger partial charge < -0.3 is 20.4 Å². The average molecular weight is 580 g/mol. The highest BCUT2D eigenvalue weighted by Crippen LogP contribution is 2.30. The third-order valence-electron chi connectivity index (χ3n) is 7.63. The Morgan fingerprint density at radius 3 is 2.19 bits per heavy atom. The SMILES string of the molecule is CC(=O)CCCCC[C@H](NC(=O)CCCC(=O)c1ccccc1)C(=O)NCCc1c(-c2ccccc2)[nH]c2ccccc12. The lowest BCUT2D eigenvalue weighted by atomic mass is 10.0. The molecule has 4 rings (SSSR count). The number of Topliss-reactive ketones (excluding diaryl/α,β-unsaturated/α-hetero) is 2. The molecule has 0 unspecified atom stereocenters. The number of para-hydroxylation sites is 1. The van der Waals surface area contributed by atoms with Crippen molar-refractivity contribution >= 4 is 34.3 Å². The van der Waals surface area contributed by atoms with E-state index in [-0.39, 0.29) is 36.2 Å². The molecule has 0 saturated heterocycles. The van der Waals surface area contributed by atoms with Crippen LogP contribution in [0.15, 0.2) is 84.9 Å². The van der Waals surface area contributed by atoms with Crippen LogP contribution in [0.25, 0.3) is 22.2 Å². The van der Waals surface area contributed by atoms with Crippen LogP contribution in [0.1, 0.15) is 74.2 Å². The molecule has 3 aromatic carbocycles. The lowest BCUT2D eigenvalue weighted by molar-refractivity contribution is -0.129. The van der Waals surface area contributed by atoms with Gasteiger partial charge in [0, 0.05) is 48.0 Å². The van der Waals surface area contributed by atoms with E-state index in [1.54, 1.807) is 19.1 Å². The Kier molecular flexibility index (Phi) is 11.8. The van der Waals surface area contributed by atoms with Crippen molar-refractivity contribution in [3.05, 3.63) is 96.1 Å². The first-order chi connectivity index (χ1) is 20.9. The highest BCUT2D eigenvalue weighted by atomic mass is 16.2. The minimum absolute atomic E-state index is 0.000294. The molecule has 2 amide bonds. The summed E-state index contributed by atoms with van der Waals surface area (Å²) >= 11 is 0. The molecule has 7 nitrogen and oxygen atoms in total. The summed E-state index contributed by atoms with van der Waals surface area (Å²) < 4.78 is 0. The van der Waals surface area contributed by atoms with Crippen LogP contribution < -0.4 is 10.6 Å². The first-order valence-electron chi connectivity index (χ1n) is 15.2. The highest BCUT2D eigenvalue weighted by Gasteiger charge is 2.21. The summed E-state index contributed by atoms with van der Waals surface area (Å²) in [6.45, 7) is 2.00. The lowest BCUT2D eigenvalue weighted by Gasteiger charge is -2.19. The van der Waals surface area contributed by atoms with Crippen molar-refractivity contribution in [2.24, 2.45) is 0 Å². The molecule has 0 aliphatic heterocycles. The predicted molar refractivity (Wildman–Crippen MR) is 171 cm³/mol. The van der Waals surface area contributed by atoms with Crippen LogP contribution in [0.3, 0.4) is 0 Å². The second-order valence-electron chi connectivity index (χ2n) is 11.0. The zero-order chi connectivity index (χ0) is 30.4. The molecule has 0 aliphatic carbocycles. The molecule has 0 aliphatic rings. The predicted octanol–water partition coefficient (Wildman–Crippen LogP) is 6.57. The third kappa shape index (κ3) is 9.50. The minimum Gasteiger partial charge on any atom is -0.354 e. The Morgan fingerprint density at radius 1 is 0.744 bits per heavy atom.